The number of carbonyl (C=O) groups is 1. The standard InChI is InChI=1S/C23H19FN4O/c24-18-13-10-16(11-14-18)12-15-21(29)25-20-9-5-4-8-19(20)23-26-22(27-28-23)17-6-2-1-3-7-17/h1-11,13-14H,12,15H2,(H,25,29)(H,26,27,28). The predicted molar refractivity (Wildman–Crippen MR) is 111 cm³/mol. The number of carbonyl (C=O) groups excluding carboxylic acids is 1. The minimum atomic E-state index is -0.283. The van der Waals surface area contributed by atoms with Gasteiger partial charge >= 0.3 is 0 Å². The number of rotatable bonds is 6. The van der Waals surface area contributed by atoms with E-state index in [4.69, 9.17) is 0 Å². The highest BCUT2D eigenvalue weighted by atomic mass is 19.1. The van der Waals surface area contributed by atoms with Gasteiger partial charge in [0, 0.05) is 17.5 Å². The van der Waals surface area contributed by atoms with E-state index in [-0.39, 0.29) is 11.7 Å². The summed E-state index contributed by atoms with van der Waals surface area (Å²) in [5.74, 6) is 0.773. The summed E-state index contributed by atoms with van der Waals surface area (Å²) in [6, 6.07) is 23.3. The van der Waals surface area contributed by atoms with Crippen LogP contribution in [0, 0.1) is 5.82 Å². The molecule has 0 aliphatic heterocycles. The van der Waals surface area contributed by atoms with E-state index in [9.17, 15) is 9.18 Å². The van der Waals surface area contributed by atoms with Gasteiger partial charge in [-0.3, -0.25) is 9.89 Å². The van der Waals surface area contributed by atoms with Crippen LogP contribution in [0.2, 0.25) is 0 Å². The second-order valence-electron chi connectivity index (χ2n) is 6.59. The molecule has 3 aromatic carbocycles. The number of aromatic amines is 1. The molecule has 144 valence electrons. The maximum atomic E-state index is 13.0. The average molecular weight is 386 g/mol. The molecule has 0 spiro atoms. The van der Waals surface area contributed by atoms with Crippen LogP contribution in [0.3, 0.4) is 0 Å². The number of benzene rings is 3. The summed E-state index contributed by atoms with van der Waals surface area (Å²) in [6.45, 7) is 0. The van der Waals surface area contributed by atoms with E-state index < -0.39 is 0 Å². The van der Waals surface area contributed by atoms with E-state index in [1.165, 1.54) is 12.1 Å². The largest absolute Gasteiger partial charge is 0.325 e. The van der Waals surface area contributed by atoms with Gasteiger partial charge in [0.25, 0.3) is 0 Å². The Labute approximate surface area is 167 Å². The lowest BCUT2D eigenvalue weighted by molar-refractivity contribution is -0.116. The zero-order chi connectivity index (χ0) is 20.1. The fourth-order valence-corrected chi connectivity index (χ4v) is 3.02. The highest BCUT2D eigenvalue weighted by Gasteiger charge is 2.13. The summed E-state index contributed by atoms with van der Waals surface area (Å²) in [5, 5.41) is 10.2. The van der Waals surface area contributed by atoms with Gasteiger partial charge in [0.2, 0.25) is 5.91 Å². The van der Waals surface area contributed by atoms with Gasteiger partial charge in [0.05, 0.1) is 5.69 Å². The molecule has 1 amide bonds. The Morgan fingerprint density at radius 3 is 2.45 bits per heavy atom. The van der Waals surface area contributed by atoms with Crippen LogP contribution in [-0.2, 0) is 11.2 Å². The predicted octanol–water partition coefficient (Wildman–Crippen LogP) is 4.85. The van der Waals surface area contributed by atoms with Crippen LogP contribution >= 0.6 is 0 Å². The number of hydrogen-bond acceptors (Lipinski definition) is 3. The molecule has 5 nitrogen and oxygen atoms in total. The number of aryl methyl sites for hydroxylation is 1. The number of halogens is 1. The van der Waals surface area contributed by atoms with E-state index in [1.807, 2.05) is 54.6 Å². The molecule has 0 fully saturated rings. The van der Waals surface area contributed by atoms with Gasteiger partial charge in [-0.15, -0.1) is 0 Å². The molecule has 0 aliphatic carbocycles. The normalized spacial score (nSPS) is 10.7. The van der Waals surface area contributed by atoms with Crippen LogP contribution in [0.25, 0.3) is 22.8 Å². The molecule has 0 bridgehead atoms. The summed E-state index contributed by atoms with van der Waals surface area (Å²) >= 11 is 0. The number of aromatic nitrogens is 3. The third-order valence-electron chi connectivity index (χ3n) is 4.53. The third kappa shape index (κ3) is 4.55. The van der Waals surface area contributed by atoms with Crippen molar-refractivity contribution < 1.29 is 9.18 Å². The average Bonchev–Trinajstić information content (AvgIpc) is 3.24. The zero-order valence-corrected chi connectivity index (χ0v) is 15.6. The van der Waals surface area contributed by atoms with E-state index in [0.29, 0.717) is 30.2 Å². The van der Waals surface area contributed by atoms with Gasteiger partial charge in [-0.2, -0.15) is 5.10 Å². The lowest BCUT2D eigenvalue weighted by Gasteiger charge is -2.09. The molecule has 1 aromatic heterocycles. The number of H-pyrrole nitrogens is 1. The van der Waals surface area contributed by atoms with Gasteiger partial charge in [-0.1, -0.05) is 54.6 Å². The van der Waals surface area contributed by atoms with Crippen LogP contribution in [0.15, 0.2) is 78.9 Å². The van der Waals surface area contributed by atoms with Crippen molar-refractivity contribution in [1.82, 2.24) is 15.2 Å². The molecule has 0 radical (unpaired) electrons. The number of anilines is 1. The zero-order valence-electron chi connectivity index (χ0n) is 15.6. The molecular weight excluding hydrogens is 367 g/mol. The first-order valence-electron chi connectivity index (χ1n) is 9.30. The molecule has 0 saturated carbocycles. The molecule has 0 unspecified atom stereocenters. The van der Waals surface area contributed by atoms with E-state index in [2.05, 4.69) is 20.5 Å². The summed E-state index contributed by atoms with van der Waals surface area (Å²) in [6.07, 6.45) is 0.834. The van der Waals surface area contributed by atoms with Crippen molar-refractivity contribution in [3.05, 3.63) is 90.2 Å². The number of para-hydroxylation sites is 1. The molecule has 1 heterocycles. The second-order valence-corrected chi connectivity index (χ2v) is 6.59. The maximum absolute atomic E-state index is 13.0. The maximum Gasteiger partial charge on any atom is 0.224 e. The second kappa shape index (κ2) is 8.48. The molecule has 0 saturated heterocycles. The first kappa shape index (κ1) is 18.6. The minimum absolute atomic E-state index is 0.121. The van der Waals surface area contributed by atoms with Crippen LogP contribution in [0.4, 0.5) is 10.1 Å². The van der Waals surface area contributed by atoms with Gasteiger partial charge in [0.1, 0.15) is 5.82 Å². The van der Waals surface area contributed by atoms with Gasteiger partial charge in [-0.25, -0.2) is 9.37 Å². The Morgan fingerprint density at radius 1 is 0.931 bits per heavy atom. The molecule has 0 atom stereocenters. The summed E-state index contributed by atoms with van der Waals surface area (Å²) in [7, 11) is 0. The van der Waals surface area contributed by atoms with Crippen LogP contribution in [0.1, 0.15) is 12.0 Å². The quantitative estimate of drug-likeness (QED) is 0.498. The fourth-order valence-electron chi connectivity index (χ4n) is 3.02. The Hall–Kier alpha value is -3.80. The van der Waals surface area contributed by atoms with Gasteiger partial charge < -0.3 is 5.32 Å². The van der Waals surface area contributed by atoms with Crippen molar-refractivity contribution in [2.75, 3.05) is 5.32 Å². The lowest BCUT2D eigenvalue weighted by Crippen LogP contribution is -2.13. The van der Waals surface area contributed by atoms with Crippen molar-refractivity contribution in [2.24, 2.45) is 0 Å². The fraction of sp³-hybridized carbons (Fsp3) is 0.0870. The van der Waals surface area contributed by atoms with Crippen LogP contribution < -0.4 is 5.32 Å². The molecule has 0 aliphatic rings. The lowest BCUT2D eigenvalue weighted by atomic mass is 10.1. The van der Waals surface area contributed by atoms with Crippen molar-refractivity contribution in [1.29, 1.82) is 0 Å². The SMILES string of the molecule is O=C(CCc1ccc(F)cc1)Nc1ccccc1-c1nc(-c2ccccc2)n[nH]1. The minimum Gasteiger partial charge on any atom is -0.325 e. The molecule has 4 aromatic rings. The molecule has 29 heavy (non-hydrogen) atoms. The van der Waals surface area contributed by atoms with Crippen LogP contribution in [0.5, 0.6) is 0 Å². The van der Waals surface area contributed by atoms with E-state index >= 15 is 0 Å². The van der Waals surface area contributed by atoms with Crippen molar-refractivity contribution in [2.45, 2.75) is 12.8 Å². The van der Waals surface area contributed by atoms with E-state index in [0.717, 1.165) is 16.7 Å². The van der Waals surface area contributed by atoms with E-state index in [1.54, 1.807) is 12.1 Å². The molecule has 4 rings (SSSR count). The number of amides is 1. The third-order valence-corrected chi connectivity index (χ3v) is 4.53. The van der Waals surface area contributed by atoms with Crippen LogP contribution in [-0.4, -0.2) is 21.1 Å². The first-order chi connectivity index (χ1) is 14.2. The van der Waals surface area contributed by atoms with Gasteiger partial charge in [0.15, 0.2) is 11.6 Å². The topological polar surface area (TPSA) is 70.7 Å². The summed E-state index contributed by atoms with van der Waals surface area (Å²) in [5.41, 5.74) is 3.25. The number of hydrogen-bond donors (Lipinski definition) is 2. The number of nitrogens with one attached hydrogen (secondary N) is 2. The molecular formula is C23H19FN4O. The summed E-state index contributed by atoms with van der Waals surface area (Å²) in [4.78, 5) is 17.0. The Morgan fingerprint density at radius 2 is 1.66 bits per heavy atom. The Balaban J connectivity index is 1.48. The Bertz CT molecular complexity index is 1110. The molecule has 6 heteroatoms. The highest BCUT2D eigenvalue weighted by Crippen LogP contribution is 2.27. The van der Waals surface area contributed by atoms with Crippen molar-refractivity contribution in [3.63, 3.8) is 0 Å². The summed E-state index contributed by atoms with van der Waals surface area (Å²) < 4.78 is 13.0. The first-order valence-corrected chi connectivity index (χ1v) is 9.30. The monoisotopic (exact) mass is 386 g/mol. The number of nitrogens with zero attached hydrogens (tertiary/aromatic N) is 2. The smallest absolute Gasteiger partial charge is 0.224 e. The van der Waals surface area contributed by atoms with Crippen molar-refractivity contribution in [3.8, 4) is 22.8 Å². The van der Waals surface area contributed by atoms with Crippen molar-refractivity contribution >= 4 is 11.6 Å². The highest BCUT2D eigenvalue weighted by molar-refractivity contribution is 5.94. The molecule has 2 N–H and O–H groups in total. The van der Waals surface area contributed by atoms with Gasteiger partial charge in [-0.05, 0) is 36.2 Å². The Kier molecular flexibility index (Phi) is 5.42.